The Labute approximate surface area is 219 Å². The Hall–Kier alpha value is -3.68. The van der Waals surface area contributed by atoms with Gasteiger partial charge in [0.25, 0.3) is 5.91 Å². The Balaban J connectivity index is 1.40. The van der Waals surface area contributed by atoms with E-state index in [9.17, 15) is 21.9 Å². The van der Waals surface area contributed by atoms with Gasteiger partial charge in [0, 0.05) is 61.9 Å². The zero-order chi connectivity index (χ0) is 26.7. The molecule has 200 valence electrons. The van der Waals surface area contributed by atoms with Crippen molar-refractivity contribution >= 4 is 35.1 Å². The van der Waals surface area contributed by atoms with Crippen molar-refractivity contribution in [1.29, 1.82) is 0 Å². The molecule has 14 heteroatoms. The van der Waals surface area contributed by atoms with E-state index in [-0.39, 0.29) is 24.6 Å². The number of hydrogen-bond acceptors (Lipinski definition) is 7. The summed E-state index contributed by atoms with van der Waals surface area (Å²) in [5.74, 6) is -0.0663. The van der Waals surface area contributed by atoms with E-state index in [0.29, 0.717) is 41.9 Å². The van der Waals surface area contributed by atoms with Gasteiger partial charge in [-0.3, -0.25) is 14.5 Å². The molecule has 1 N–H and O–H groups in total. The number of aromatic nitrogens is 6. The van der Waals surface area contributed by atoms with Crippen LogP contribution < -0.4 is 10.2 Å². The van der Waals surface area contributed by atoms with Gasteiger partial charge >= 0.3 is 6.18 Å². The fourth-order valence-electron chi connectivity index (χ4n) is 4.62. The first-order valence-electron chi connectivity index (χ1n) is 12.0. The molecule has 0 saturated heterocycles. The standard InChI is InChI=1S/C24H24F4N8OS/c25-24(26,27)8-10-30-23(37)20-18-14-34(21-17-6-13-36(38-28)22(17)32-15-31-21)12-7-19(18)35(33-20)11-3-5-16-4-1-2-9-29-16/h1-2,4,6,9,13,15H,3,5,7-8,10-12,14H2,(H,30,37). The molecule has 0 saturated carbocycles. The molecule has 0 spiro atoms. The first kappa shape index (κ1) is 25.9. The average molecular weight is 549 g/mol. The van der Waals surface area contributed by atoms with Crippen molar-refractivity contribution in [3.63, 3.8) is 0 Å². The van der Waals surface area contributed by atoms with Crippen LogP contribution in [0.15, 0.2) is 43.0 Å². The molecular weight excluding hydrogens is 524 g/mol. The summed E-state index contributed by atoms with van der Waals surface area (Å²) in [5, 5.41) is 7.54. The van der Waals surface area contributed by atoms with Crippen molar-refractivity contribution in [2.45, 2.75) is 44.9 Å². The highest BCUT2D eigenvalue weighted by Gasteiger charge is 2.31. The number of carbonyl (C=O) groups excluding carboxylic acids is 1. The summed E-state index contributed by atoms with van der Waals surface area (Å²) in [7, 11) is 0. The smallest absolute Gasteiger partial charge is 0.351 e. The molecule has 1 aliphatic rings. The number of carbonyl (C=O) groups is 1. The number of halogens is 4. The number of rotatable bonds is 9. The first-order chi connectivity index (χ1) is 18.3. The molecule has 0 aromatic carbocycles. The number of nitrogens with one attached hydrogen (secondary N) is 1. The highest BCUT2D eigenvalue weighted by Crippen LogP contribution is 2.32. The van der Waals surface area contributed by atoms with Crippen LogP contribution in [0.4, 0.5) is 22.9 Å². The summed E-state index contributed by atoms with van der Waals surface area (Å²) in [6.45, 7) is 0.836. The van der Waals surface area contributed by atoms with Gasteiger partial charge < -0.3 is 10.2 Å². The fourth-order valence-corrected chi connectivity index (χ4v) is 4.94. The summed E-state index contributed by atoms with van der Waals surface area (Å²) in [6, 6.07) is 7.42. The van der Waals surface area contributed by atoms with Crippen molar-refractivity contribution in [2.75, 3.05) is 18.0 Å². The second kappa shape index (κ2) is 11.0. The molecule has 5 rings (SSSR count). The van der Waals surface area contributed by atoms with E-state index in [1.807, 2.05) is 23.1 Å². The van der Waals surface area contributed by atoms with Gasteiger partial charge in [-0.15, -0.1) is 3.89 Å². The number of amides is 1. The number of fused-ring (bicyclic) bond motifs is 2. The SMILES string of the molecule is O=C(NCCC(F)(F)F)c1nn(CCCc2ccccn2)c2c1CN(c1ncnc3c1ccn3SF)CC2. The highest BCUT2D eigenvalue weighted by atomic mass is 32.2. The minimum absolute atomic E-state index is 0.0308. The molecular formula is C24H24F4N8OS. The lowest BCUT2D eigenvalue weighted by Gasteiger charge is -2.29. The van der Waals surface area contributed by atoms with Crippen LogP contribution in [0, 0.1) is 0 Å². The largest absolute Gasteiger partial charge is 0.390 e. The Kier molecular flexibility index (Phi) is 7.49. The zero-order valence-electron chi connectivity index (χ0n) is 20.2. The van der Waals surface area contributed by atoms with Gasteiger partial charge in [-0.25, -0.2) is 13.9 Å². The van der Waals surface area contributed by atoms with Gasteiger partial charge in [-0.2, -0.15) is 18.3 Å². The monoisotopic (exact) mass is 548 g/mol. The molecule has 0 unspecified atom stereocenters. The summed E-state index contributed by atoms with van der Waals surface area (Å²) in [5.41, 5.74) is 2.97. The van der Waals surface area contributed by atoms with Crippen LogP contribution in [0.2, 0.25) is 0 Å². The van der Waals surface area contributed by atoms with Crippen LogP contribution in [-0.4, -0.2) is 53.9 Å². The lowest BCUT2D eigenvalue weighted by Crippen LogP contribution is -2.34. The van der Waals surface area contributed by atoms with Crippen molar-refractivity contribution in [3.8, 4) is 0 Å². The van der Waals surface area contributed by atoms with Crippen LogP contribution in [0.3, 0.4) is 0 Å². The molecule has 0 radical (unpaired) electrons. The number of pyridine rings is 1. The first-order valence-corrected chi connectivity index (χ1v) is 12.7. The maximum Gasteiger partial charge on any atom is 0.390 e. The Morgan fingerprint density at radius 2 is 2.03 bits per heavy atom. The van der Waals surface area contributed by atoms with Gasteiger partial charge in [-0.05, 0) is 31.0 Å². The molecule has 1 amide bonds. The predicted octanol–water partition coefficient (Wildman–Crippen LogP) is 4.28. The van der Waals surface area contributed by atoms with Gasteiger partial charge in [0.1, 0.15) is 12.1 Å². The quantitative estimate of drug-likeness (QED) is 0.312. The van der Waals surface area contributed by atoms with Crippen molar-refractivity contribution in [3.05, 3.63) is 65.6 Å². The molecule has 4 aromatic rings. The molecule has 38 heavy (non-hydrogen) atoms. The third-order valence-electron chi connectivity index (χ3n) is 6.37. The van der Waals surface area contributed by atoms with E-state index in [0.717, 1.165) is 24.2 Å². The molecule has 5 heterocycles. The Morgan fingerprint density at radius 1 is 1.16 bits per heavy atom. The van der Waals surface area contributed by atoms with Gasteiger partial charge in [0.15, 0.2) is 23.7 Å². The third kappa shape index (κ3) is 5.59. The topological polar surface area (TPSA) is 93.8 Å². The summed E-state index contributed by atoms with van der Waals surface area (Å²) < 4.78 is 54.2. The fraction of sp³-hybridized carbons (Fsp3) is 0.375. The number of nitrogens with zero attached hydrogens (tertiary/aromatic N) is 7. The summed E-state index contributed by atoms with van der Waals surface area (Å²) >= 11 is 0.0308. The zero-order valence-corrected chi connectivity index (χ0v) is 21.0. The molecule has 0 aliphatic carbocycles. The number of hydrogen-bond donors (Lipinski definition) is 1. The van der Waals surface area contributed by atoms with Crippen LogP contribution in [0.1, 0.15) is 40.3 Å². The van der Waals surface area contributed by atoms with E-state index in [1.54, 1.807) is 23.1 Å². The molecule has 1 aliphatic heterocycles. The van der Waals surface area contributed by atoms with Crippen LogP contribution in [0.5, 0.6) is 0 Å². The highest BCUT2D eigenvalue weighted by molar-refractivity contribution is 7.92. The molecule has 4 aromatic heterocycles. The number of alkyl halides is 3. The van der Waals surface area contributed by atoms with Crippen molar-refractivity contribution in [2.24, 2.45) is 0 Å². The van der Waals surface area contributed by atoms with E-state index in [2.05, 4.69) is 25.4 Å². The summed E-state index contributed by atoms with van der Waals surface area (Å²) in [4.78, 5) is 27.8. The molecule has 0 atom stereocenters. The van der Waals surface area contributed by atoms with Crippen molar-refractivity contribution < 1.29 is 21.9 Å². The number of aryl methyl sites for hydroxylation is 2. The van der Waals surface area contributed by atoms with E-state index >= 15 is 0 Å². The summed E-state index contributed by atoms with van der Waals surface area (Å²) in [6.07, 6.45) is 1.14. The van der Waals surface area contributed by atoms with E-state index < -0.39 is 25.0 Å². The maximum atomic E-state index is 13.3. The van der Waals surface area contributed by atoms with Crippen LogP contribution in [0.25, 0.3) is 11.0 Å². The normalized spacial score (nSPS) is 13.6. The average Bonchev–Trinajstić information content (AvgIpc) is 3.49. The van der Waals surface area contributed by atoms with Crippen molar-refractivity contribution in [1.82, 2.24) is 34.0 Å². The van der Waals surface area contributed by atoms with E-state index in [1.165, 1.54) is 10.3 Å². The van der Waals surface area contributed by atoms with E-state index in [4.69, 9.17) is 0 Å². The van der Waals surface area contributed by atoms with Crippen LogP contribution >= 0.6 is 12.3 Å². The lowest BCUT2D eigenvalue weighted by molar-refractivity contribution is -0.133. The second-order valence-electron chi connectivity index (χ2n) is 8.86. The van der Waals surface area contributed by atoms with Gasteiger partial charge in [-0.1, -0.05) is 6.07 Å². The minimum Gasteiger partial charge on any atom is -0.351 e. The number of anilines is 1. The van der Waals surface area contributed by atoms with Gasteiger partial charge in [0.05, 0.1) is 11.8 Å². The van der Waals surface area contributed by atoms with Crippen LogP contribution in [-0.2, 0) is 25.9 Å². The Morgan fingerprint density at radius 3 is 2.79 bits per heavy atom. The second-order valence-corrected chi connectivity index (χ2v) is 9.39. The molecule has 0 bridgehead atoms. The lowest BCUT2D eigenvalue weighted by atomic mass is 10.0. The molecule has 0 fully saturated rings. The predicted molar refractivity (Wildman–Crippen MR) is 134 cm³/mol. The molecule has 9 nitrogen and oxygen atoms in total. The Bertz CT molecular complexity index is 1420. The maximum absolute atomic E-state index is 13.3. The minimum atomic E-state index is -4.37. The van der Waals surface area contributed by atoms with Gasteiger partial charge in [0.2, 0.25) is 0 Å². The third-order valence-corrected chi connectivity index (χ3v) is 6.82.